The molecule has 180 valence electrons. The molecule has 0 aliphatic carbocycles. The van der Waals surface area contributed by atoms with Gasteiger partial charge in [-0.05, 0) is 43.7 Å². The third-order valence-corrected chi connectivity index (χ3v) is 8.42. The summed E-state index contributed by atoms with van der Waals surface area (Å²) in [4.78, 5) is 2.85. The molecule has 3 aromatic rings. The zero-order valence-electron chi connectivity index (χ0n) is 19.1. The van der Waals surface area contributed by atoms with Gasteiger partial charge in [-0.2, -0.15) is 13.0 Å². The van der Waals surface area contributed by atoms with Crippen LogP contribution in [0.3, 0.4) is 0 Å². The molecule has 2 heterocycles. The van der Waals surface area contributed by atoms with E-state index in [2.05, 4.69) is 29.7 Å². The number of thioether (sulfide) groups is 1. The summed E-state index contributed by atoms with van der Waals surface area (Å²) >= 11 is 3.27. The predicted octanol–water partition coefficient (Wildman–Crippen LogP) is 4.32. The first-order valence-electron chi connectivity index (χ1n) is 10.8. The maximum Gasteiger partial charge on any atom is 0.267 e. The number of para-hydroxylation sites is 1. The van der Waals surface area contributed by atoms with Crippen molar-refractivity contribution in [1.82, 2.24) is 0 Å². The van der Waals surface area contributed by atoms with E-state index in [1.807, 2.05) is 48.2 Å². The van der Waals surface area contributed by atoms with Crippen LogP contribution in [-0.4, -0.2) is 43.6 Å². The smallest absolute Gasteiger partial charge is 0.267 e. The minimum absolute atomic E-state index is 0.0178. The van der Waals surface area contributed by atoms with E-state index in [1.165, 1.54) is 10.2 Å². The highest BCUT2D eigenvalue weighted by atomic mass is 32.2. The van der Waals surface area contributed by atoms with Crippen molar-refractivity contribution in [3.05, 3.63) is 64.2 Å². The van der Waals surface area contributed by atoms with Gasteiger partial charge in [0.2, 0.25) is 5.52 Å². The van der Waals surface area contributed by atoms with E-state index in [0.29, 0.717) is 5.75 Å². The van der Waals surface area contributed by atoms with Crippen LogP contribution in [0.4, 0.5) is 5.69 Å². The number of aliphatic hydroxyl groups is 1. The summed E-state index contributed by atoms with van der Waals surface area (Å²) in [5, 5.41) is 12.4. The molecular weight excluding hydrogens is 492 g/mol. The van der Waals surface area contributed by atoms with Crippen molar-refractivity contribution in [2.24, 2.45) is 0 Å². The van der Waals surface area contributed by atoms with Crippen LogP contribution in [0, 0.1) is 0 Å². The van der Waals surface area contributed by atoms with E-state index in [9.17, 15) is 13.5 Å². The Morgan fingerprint density at radius 3 is 2.74 bits per heavy atom. The van der Waals surface area contributed by atoms with Crippen LogP contribution < -0.4 is 14.2 Å². The van der Waals surface area contributed by atoms with Gasteiger partial charge in [0.15, 0.2) is 0 Å². The van der Waals surface area contributed by atoms with Gasteiger partial charge in [-0.1, -0.05) is 35.2 Å². The van der Waals surface area contributed by atoms with Gasteiger partial charge >= 0.3 is 0 Å². The number of aromatic nitrogens is 1. The fraction of sp³-hybridized carbons (Fsp3) is 0.292. The van der Waals surface area contributed by atoms with Gasteiger partial charge in [-0.25, -0.2) is 0 Å². The van der Waals surface area contributed by atoms with Crippen LogP contribution in [0.2, 0.25) is 0 Å². The van der Waals surface area contributed by atoms with Crippen molar-refractivity contribution in [3.63, 3.8) is 0 Å². The number of β-amino-alcohol motifs (C(OH)–C–C–N with tert-alkyl or cyclic N) is 1. The Labute approximate surface area is 207 Å². The number of anilines is 1. The van der Waals surface area contributed by atoms with Crippen molar-refractivity contribution >= 4 is 55.2 Å². The Kier molecular flexibility index (Phi) is 7.34. The standard InChI is InChI=1S/C24H26N2O5S3/c1-4-25-19-7-5-6-8-21(19)32-23(25)11-16(2)12-24-26(14-17(27)15-34(28,29)30)20-13-18(31-3)9-10-22(20)33-24/h5-13,17,27H,4,14-15H2,1-3H3/p+1. The molecule has 2 aromatic carbocycles. The predicted molar refractivity (Wildman–Crippen MR) is 138 cm³/mol. The molecule has 10 heteroatoms. The minimum atomic E-state index is -4.30. The lowest BCUT2D eigenvalue weighted by Crippen LogP contribution is -2.34. The van der Waals surface area contributed by atoms with Crippen molar-refractivity contribution in [3.8, 4) is 5.75 Å². The number of hydrogen-bond acceptors (Lipinski definition) is 7. The lowest BCUT2D eigenvalue weighted by molar-refractivity contribution is -0.665. The maximum atomic E-state index is 11.3. The van der Waals surface area contributed by atoms with Gasteiger partial charge in [0.05, 0.1) is 30.5 Å². The Hall–Kier alpha value is -2.37. The summed E-state index contributed by atoms with van der Waals surface area (Å²) < 4.78 is 40.6. The summed E-state index contributed by atoms with van der Waals surface area (Å²) in [5.74, 6) is -0.0650. The number of aliphatic hydroxyl groups excluding tert-OH is 1. The van der Waals surface area contributed by atoms with E-state index in [4.69, 9.17) is 9.29 Å². The molecule has 0 radical (unpaired) electrons. The summed E-state index contributed by atoms with van der Waals surface area (Å²) in [6, 6.07) is 14.0. The molecule has 2 N–H and O–H groups in total. The highest BCUT2D eigenvalue weighted by molar-refractivity contribution is 8.03. The van der Waals surface area contributed by atoms with Crippen LogP contribution in [0.1, 0.15) is 18.9 Å². The van der Waals surface area contributed by atoms with E-state index in [-0.39, 0.29) is 6.54 Å². The van der Waals surface area contributed by atoms with Crippen molar-refractivity contribution in [1.29, 1.82) is 0 Å². The summed E-state index contributed by atoms with van der Waals surface area (Å²) in [6.45, 7) is 5.02. The zero-order chi connectivity index (χ0) is 24.5. The van der Waals surface area contributed by atoms with Gasteiger partial charge < -0.3 is 14.7 Å². The maximum absolute atomic E-state index is 11.3. The number of ether oxygens (including phenoxy) is 1. The third-order valence-electron chi connectivity index (χ3n) is 5.39. The molecule has 1 aromatic heterocycles. The molecule has 1 unspecified atom stereocenters. The largest absolute Gasteiger partial charge is 0.497 e. The first-order chi connectivity index (χ1) is 16.2. The SMILES string of the molecule is CC[n+]1c(/C=C(C)/C=C2/Sc3ccc(OC)cc3N2CC(O)CS(=O)(=O)O)sc2ccccc21. The summed E-state index contributed by atoms with van der Waals surface area (Å²) in [7, 11) is -2.72. The molecule has 1 aliphatic heterocycles. The lowest BCUT2D eigenvalue weighted by atomic mass is 10.2. The number of aryl methyl sites for hydroxylation is 1. The van der Waals surface area contributed by atoms with E-state index < -0.39 is 22.0 Å². The molecule has 7 nitrogen and oxygen atoms in total. The zero-order valence-corrected chi connectivity index (χ0v) is 21.6. The van der Waals surface area contributed by atoms with E-state index in [0.717, 1.165) is 32.7 Å². The Morgan fingerprint density at radius 1 is 1.26 bits per heavy atom. The Balaban J connectivity index is 1.70. The van der Waals surface area contributed by atoms with Crippen LogP contribution >= 0.6 is 23.1 Å². The van der Waals surface area contributed by atoms with Gasteiger partial charge in [-0.3, -0.25) is 4.55 Å². The summed E-state index contributed by atoms with van der Waals surface area (Å²) in [6.07, 6.45) is 2.91. The fourth-order valence-corrected chi connectivity index (χ4v) is 6.92. The van der Waals surface area contributed by atoms with E-state index in [1.54, 1.807) is 30.2 Å². The van der Waals surface area contributed by atoms with Crippen LogP contribution in [-0.2, 0) is 16.7 Å². The molecule has 0 amide bonds. The molecule has 1 atom stereocenters. The Bertz CT molecular complexity index is 1380. The molecule has 4 rings (SSSR count). The van der Waals surface area contributed by atoms with Crippen LogP contribution in [0.25, 0.3) is 16.3 Å². The minimum Gasteiger partial charge on any atom is -0.497 e. The van der Waals surface area contributed by atoms with Gasteiger partial charge in [-0.15, -0.1) is 0 Å². The molecule has 34 heavy (non-hydrogen) atoms. The number of rotatable bonds is 8. The van der Waals surface area contributed by atoms with Gasteiger partial charge in [0.1, 0.15) is 22.7 Å². The number of allylic oxidation sites excluding steroid dienone is 2. The lowest BCUT2D eigenvalue weighted by Gasteiger charge is -2.23. The number of hydrogen-bond donors (Lipinski definition) is 2. The average Bonchev–Trinajstić information content (AvgIpc) is 3.28. The fourth-order valence-electron chi connectivity index (χ4n) is 3.93. The molecule has 0 fully saturated rings. The first kappa shape index (κ1) is 24.7. The second-order valence-electron chi connectivity index (χ2n) is 7.97. The van der Waals surface area contributed by atoms with Gasteiger partial charge in [0, 0.05) is 23.1 Å². The molecule has 0 bridgehead atoms. The molecule has 0 saturated carbocycles. The molecule has 1 aliphatic rings. The molecular formula is C24H27N2O5S3+. The van der Waals surface area contributed by atoms with Crippen LogP contribution in [0.15, 0.2) is 64.0 Å². The van der Waals surface area contributed by atoms with Crippen molar-refractivity contribution in [2.75, 3.05) is 24.3 Å². The number of thiazole rings is 1. The number of methoxy groups -OCH3 is 1. The van der Waals surface area contributed by atoms with Gasteiger partial charge in [0.25, 0.3) is 15.1 Å². The second-order valence-corrected chi connectivity index (χ2v) is 11.6. The monoisotopic (exact) mass is 519 g/mol. The van der Waals surface area contributed by atoms with Crippen molar-refractivity contribution in [2.45, 2.75) is 31.4 Å². The number of benzene rings is 2. The van der Waals surface area contributed by atoms with E-state index >= 15 is 0 Å². The number of nitrogens with zero attached hydrogens (tertiary/aromatic N) is 2. The highest BCUT2D eigenvalue weighted by Gasteiger charge is 2.29. The molecule has 0 saturated heterocycles. The van der Waals surface area contributed by atoms with Crippen LogP contribution in [0.5, 0.6) is 5.75 Å². The second kappa shape index (κ2) is 10.1. The van der Waals surface area contributed by atoms with Crippen molar-refractivity contribution < 1.29 is 27.4 Å². The topological polar surface area (TPSA) is 91.0 Å². The Morgan fingerprint density at radius 2 is 2.03 bits per heavy atom. The normalized spacial score (nSPS) is 16.3. The number of fused-ring (bicyclic) bond motifs is 2. The summed E-state index contributed by atoms with van der Waals surface area (Å²) in [5.41, 5.74) is 3.04. The quantitative estimate of drug-likeness (QED) is 0.338. The first-order valence-corrected chi connectivity index (χ1v) is 14.0. The molecule has 0 spiro atoms. The third kappa shape index (κ3) is 5.47. The average molecular weight is 520 g/mol. The highest BCUT2D eigenvalue weighted by Crippen LogP contribution is 2.47.